The smallest absolute Gasteiger partial charge is 0.271 e. The van der Waals surface area contributed by atoms with E-state index >= 15 is 0 Å². The van der Waals surface area contributed by atoms with Gasteiger partial charge in [0.25, 0.3) is 5.69 Å². The molecule has 0 unspecified atom stereocenters. The minimum absolute atomic E-state index is 0.0443. The summed E-state index contributed by atoms with van der Waals surface area (Å²) in [5.74, 6) is -0.205. The van der Waals surface area contributed by atoms with Crippen LogP contribution >= 0.6 is 0 Å². The summed E-state index contributed by atoms with van der Waals surface area (Å²) in [4.78, 5) is 23.0. The lowest BCUT2D eigenvalue weighted by Gasteiger charge is -2.24. The lowest BCUT2D eigenvalue weighted by molar-refractivity contribution is -0.384. The van der Waals surface area contributed by atoms with E-state index in [1.54, 1.807) is 6.92 Å². The average Bonchev–Trinajstić information content (AvgIpc) is 2.66. The van der Waals surface area contributed by atoms with E-state index in [9.17, 15) is 23.3 Å². The summed E-state index contributed by atoms with van der Waals surface area (Å²) in [6.45, 7) is 5.66. The van der Waals surface area contributed by atoms with Gasteiger partial charge in [-0.1, -0.05) is 31.2 Å². The van der Waals surface area contributed by atoms with Crippen LogP contribution in [0.25, 0.3) is 0 Å². The van der Waals surface area contributed by atoms with Crippen molar-refractivity contribution in [2.45, 2.75) is 40.0 Å². The molecule has 1 N–H and O–H groups in total. The van der Waals surface area contributed by atoms with E-state index in [-0.39, 0.29) is 36.7 Å². The van der Waals surface area contributed by atoms with Crippen LogP contribution in [0.2, 0.25) is 0 Å². The number of nitro groups is 1. The van der Waals surface area contributed by atoms with E-state index in [0.717, 1.165) is 33.8 Å². The van der Waals surface area contributed by atoms with Crippen molar-refractivity contribution in [3.8, 4) is 0 Å². The first-order valence-electron chi connectivity index (χ1n) is 9.65. The molecule has 0 fully saturated rings. The third kappa shape index (κ3) is 5.79. The van der Waals surface area contributed by atoms with Crippen molar-refractivity contribution < 1.29 is 18.1 Å². The molecule has 2 aromatic carbocycles. The summed E-state index contributed by atoms with van der Waals surface area (Å²) >= 11 is 0. The minimum Gasteiger partial charge on any atom is -0.326 e. The summed E-state index contributed by atoms with van der Waals surface area (Å²) in [6.07, 6.45) is 2.23. The standard InChI is InChI=1S/C21H27N3O5S/c1-5-17-9-6-8-16(3)21(17)22-20(25)10-7-13-23(30(4,28)29)19-14-18(24(26)27)12-11-15(19)2/h6,8-9,11-12,14H,5,7,10,13H2,1-4H3,(H,22,25). The summed E-state index contributed by atoms with van der Waals surface area (Å²) in [5, 5.41) is 14.0. The third-order valence-electron chi connectivity index (χ3n) is 4.84. The number of carbonyl (C=O) groups excluding carboxylic acids is 1. The fraction of sp³-hybridized carbons (Fsp3) is 0.381. The highest BCUT2D eigenvalue weighted by Gasteiger charge is 2.22. The highest BCUT2D eigenvalue weighted by molar-refractivity contribution is 7.92. The molecule has 0 aliphatic carbocycles. The molecule has 0 aliphatic rings. The molecule has 1 amide bonds. The fourth-order valence-electron chi connectivity index (χ4n) is 3.23. The zero-order valence-electron chi connectivity index (χ0n) is 17.6. The molecule has 2 aromatic rings. The number of non-ortho nitro benzene ring substituents is 1. The molecule has 0 aliphatic heterocycles. The van der Waals surface area contributed by atoms with Crippen LogP contribution in [0, 0.1) is 24.0 Å². The number of nitro benzene ring substituents is 1. The van der Waals surface area contributed by atoms with Gasteiger partial charge in [-0.25, -0.2) is 8.42 Å². The summed E-state index contributed by atoms with van der Waals surface area (Å²) in [7, 11) is -3.68. The first-order chi connectivity index (χ1) is 14.0. The van der Waals surface area contributed by atoms with Gasteiger partial charge < -0.3 is 5.32 Å². The molecule has 0 saturated carbocycles. The van der Waals surface area contributed by atoms with Crippen LogP contribution in [0.15, 0.2) is 36.4 Å². The molecule has 9 heteroatoms. The third-order valence-corrected chi connectivity index (χ3v) is 6.02. The Kier molecular flexibility index (Phi) is 7.55. The predicted molar refractivity (Wildman–Crippen MR) is 118 cm³/mol. The molecule has 2 rings (SSSR count). The van der Waals surface area contributed by atoms with Gasteiger partial charge in [-0.2, -0.15) is 0 Å². The number of sulfonamides is 1. The number of benzene rings is 2. The second kappa shape index (κ2) is 9.71. The molecule has 8 nitrogen and oxygen atoms in total. The van der Waals surface area contributed by atoms with Gasteiger partial charge in [0.15, 0.2) is 0 Å². The normalized spacial score (nSPS) is 11.2. The first kappa shape index (κ1) is 23.3. The average molecular weight is 434 g/mol. The van der Waals surface area contributed by atoms with Gasteiger partial charge in [-0.15, -0.1) is 0 Å². The minimum atomic E-state index is -3.68. The van der Waals surface area contributed by atoms with Crippen LogP contribution in [-0.2, 0) is 21.2 Å². The van der Waals surface area contributed by atoms with Crippen molar-refractivity contribution in [2.75, 3.05) is 22.4 Å². The van der Waals surface area contributed by atoms with Gasteiger partial charge in [0.05, 0.1) is 16.9 Å². The van der Waals surface area contributed by atoms with Gasteiger partial charge in [0.2, 0.25) is 15.9 Å². The monoisotopic (exact) mass is 433 g/mol. The Labute approximate surface area is 177 Å². The Hall–Kier alpha value is -2.94. The van der Waals surface area contributed by atoms with E-state index in [2.05, 4.69) is 5.32 Å². The number of aryl methyl sites for hydroxylation is 3. The Balaban J connectivity index is 2.13. The molecule has 0 spiro atoms. The number of hydrogen-bond donors (Lipinski definition) is 1. The Morgan fingerprint density at radius 3 is 2.47 bits per heavy atom. The van der Waals surface area contributed by atoms with Crippen LogP contribution in [0.5, 0.6) is 0 Å². The van der Waals surface area contributed by atoms with Crippen LogP contribution in [0.1, 0.15) is 36.5 Å². The van der Waals surface area contributed by atoms with Crippen LogP contribution in [-0.4, -0.2) is 32.0 Å². The zero-order valence-corrected chi connectivity index (χ0v) is 18.5. The number of nitrogens with zero attached hydrogens (tertiary/aromatic N) is 2. The number of anilines is 2. The molecule has 0 aromatic heterocycles. The number of amides is 1. The molecule has 0 saturated heterocycles. The summed E-state index contributed by atoms with van der Waals surface area (Å²) in [6, 6.07) is 9.92. The number of carbonyl (C=O) groups is 1. The van der Waals surface area contributed by atoms with E-state index in [4.69, 9.17) is 0 Å². The van der Waals surface area contributed by atoms with Crippen molar-refractivity contribution in [3.63, 3.8) is 0 Å². The largest absolute Gasteiger partial charge is 0.326 e. The number of para-hydroxylation sites is 1. The molecule has 162 valence electrons. The molecule has 30 heavy (non-hydrogen) atoms. The molecule has 0 heterocycles. The van der Waals surface area contributed by atoms with Crippen molar-refractivity contribution in [1.82, 2.24) is 0 Å². The fourth-order valence-corrected chi connectivity index (χ4v) is 4.25. The van der Waals surface area contributed by atoms with Crippen molar-refractivity contribution in [2.24, 2.45) is 0 Å². The molecule has 0 radical (unpaired) electrons. The molecular weight excluding hydrogens is 406 g/mol. The van der Waals surface area contributed by atoms with Crippen molar-refractivity contribution >= 4 is 33.0 Å². The number of rotatable bonds is 9. The molecule has 0 atom stereocenters. The Bertz CT molecular complexity index is 1050. The summed E-state index contributed by atoms with van der Waals surface area (Å²) < 4.78 is 25.8. The van der Waals surface area contributed by atoms with Gasteiger partial charge >= 0.3 is 0 Å². The number of hydrogen-bond acceptors (Lipinski definition) is 5. The maximum Gasteiger partial charge on any atom is 0.271 e. The SMILES string of the molecule is CCc1cccc(C)c1NC(=O)CCCN(c1cc([N+](=O)[O-])ccc1C)S(C)(=O)=O. The zero-order chi connectivity index (χ0) is 22.5. The maximum atomic E-state index is 12.4. The Morgan fingerprint density at radius 1 is 1.17 bits per heavy atom. The topological polar surface area (TPSA) is 110 Å². The van der Waals surface area contributed by atoms with Crippen molar-refractivity contribution in [3.05, 3.63) is 63.2 Å². The van der Waals surface area contributed by atoms with E-state index in [1.807, 2.05) is 32.0 Å². The Morgan fingerprint density at radius 2 is 1.87 bits per heavy atom. The van der Waals surface area contributed by atoms with Crippen LogP contribution in [0.3, 0.4) is 0 Å². The lowest BCUT2D eigenvalue weighted by atomic mass is 10.1. The van der Waals surface area contributed by atoms with E-state index in [1.165, 1.54) is 18.2 Å². The van der Waals surface area contributed by atoms with Crippen LogP contribution < -0.4 is 9.62 Å². The quantitative estimate of drug-likeness (QED) is 0.475. The highest BCUT2D eigenvalue weighted by atomic mass is 32.2. The van der Waals surface area contributed by atoms with Gasteiger partial charge in [0.1, 0.15) is 0 Å². The number of nitrogens with one attached hydrogen (secondary N) is 1. The lowest BCUT2D eigenvalue weighted by Crippen LogP contribution is -2.32. The van der Waals surface area contributed by atoms with Gasteiger partial charge in [0, 0.05) is 30.8 Å². The maximum absolute atomic E-state index is 12.4. The van der Waals surface area contributed by atoms with Gasteiger partial charge in [-0.05, 0) is 43.4 Å². The molecular formula is C21H27N3O5S. The van der Waals surface area contributed by atoms with Crippen molar-refractivity contribution in [1.29, 1.82) is 0 Å². The highest BCUT2D eigenvalue weighted by Crippen LogP contribution is 2.28. The second-order valence-electron chi connectivity index (χ2n) is 7.18. The second-order valence-corrected chi connectivity index (χ2v) is 9.08. The first-order valence-corrected chi connectivity index (χ1v) is 11.5. The van der Waals surface area contributed by atoms with E-state index < -0.39 is 14.9 Å². The molecule has 0 bridgehead atoms. The van der Waals surface area contributed by atoms with Gasteiger partial charge in [-0.3, -0.25) is 19.2 Å². The predicted octanol–water partition coefficient (Wildman–Crippen LogP) is 3.96. The summed E-state index contributed by atoms with van der Waals surface area (Å²) in [5.41, 5.74) is 3.46. The van der Waals surface area contributed by atoms with Crippen LogP contribution in [0.4, 0.5) is 17.1 Å². The van der Waals surface area contributed by atoms with E-state index in [0.29, 0.717) is 5.56 Å².